The van der Waals surface area contributed by atoms with E-state index in [9.17, 15) is 13.0 Å². The van der Waals surface area contributed by atoms with Gasteiger partial charge in [-0.15, -0.1) is 0 Å². The standard InChI is InChI=1S/C16H15F2N3O4S.Mg.4H2O.2H/c1-23-13-5-6-19-12(14(13)24-2)8-26(22)16-20-10-4-3-9(25-15(17)18)7-11(10)21-16;;;;;;;/h3-7,15H,8H2,1-2H3,(H,20,21);;4*1H2;;/q;+2;;;;;2*-1. The number of aromatic nitrogens is 3. The maximum Gasteiger partial charge on any atom is 2.00 e. The summed E-state index contributed by atoms with van der Waals surface area (Å²) < 4.78 is 52.1. The van der Waals surface area contributed by atoms with E-state index in [1.165, 1.54) is 38.6 Å². The summed E-state index contributed by atoms with van der Waals surface area (Å²) >= 11 is 0. The third-order valence-electron chi connectivity index (χ3n) is 3.51. The Morgan fingerprint density at radius 2 is 1.81 bits per heavy atom. The van der Waals surface area contributed by atoms with Crippen LogP contribution < -0.4 is 14.2 Å². The number of hydrogen-bond donors (Lipinski definition) is 1. The summed E-state index contributed by atoms with van der Waals surface area (Å²) in [6.07, 6.45) is 1.53. The van der Waals surface area contributed by atoms with Crippen LogP contribution >= 0.6 is 0 Å². The van der Waals surface area contributed by atoms with Gasteiger partial charge in [-0.05, 0) is 12.1 Å². The molecule has 0 fully saturated rings. The number of rotatable bonds is 7. The molecular formula is C16H25F2MgN3O8S. The van der Waals surface area contributed by atoms with Gasteiger partial charge in [0.05, 0.1) is 47.5 Å². The first-order valence-electron chi connectivity index (χ1n) is 7.40. The molecule has 0 amide bonds. The molecule has 0 radical (unpaired) electrons. The fraction of sp³-hybridized carbons (Fsp3) is 0.250. The van der Waals surface area contributed by atoms with E-state index < -0.39 is 17.4 Å². The molecule has 0 aliphatic carbocycles. The molecule has 0 saturated heterocycles. The van der Waals surface area contributed by atoms with E-state index in [1.807, 2.05) is 0 Å². The number of pyridine rings is 1. The van der Waals surface area contributed by atoms with Gasteiger partial charge in [0.1, 0.15) is 5.75 Å². The molecule has 1 aromatic carbocycles. The number of nitrogens with one attached hydrogen (secondary N) is 1. The topological polar surface area (TPSA) is 212 Å². The summed E-state index contributed by atoms with van der Waals surface area (Å²) in [6.45, 7) is -2.92. The number of ether oxygens (including phenoxy) is 3. The van der Waals surface area contributed by atoms with Crippen molar-refractivity contribution in [1.29, 1.82) is 0 Å². The average molecular weight is 482 g/mol. The minimum Gasteiger partial charge on any atom is -1.00 e. The maximum absolute atomic E-state index is 12.6. The van der Waals surface area contributed by atoms with Gasteiger partial charge in [-0.25, -0.2) is 4.98 Å². The zero-order valence-electron chi connectivity index (χ0n) is 18.6. The van der Waals surface area contributed by atoms with E-state index in [0.29, 0.717) is 28.2 Å². The summed E-state index contributed by atoms with van der Waals surface area (Å²) in [6, 6.07) is 5.89. The molecule has 174 valence electrons. The monoisotopic (exact) mass is 481 g/mol. The molecule has 9 N–H and O–H groups in total. The number of benzene rings is 1. The Labute approximate surface area is 196 Å². The smallest absolute Gasteiger partial charge is 1.00 e. The summed E-state index contributed by atoms with van der Waals surface area (Å²) in [5, 5.41) is 0.195. The van der Waals surface area contributed by atoms with Crippen LogP contribution in [-0.4, -0.2) is 84.9 Å². The van der Waals surface area contributed by atoms with Crippen molar-refractivity contribution >= 4 is 44.9 Å². The molecule has 0 saturated carbocycles. The van der Waals surface area contributed by atoms with Crippen molar-refractivity contribution in [1.82, 2.24) is 15.0 Å². The average Bonchev–Trinajstić information content (AvgIpc) is 3.04. The third-order valence-corrected chi connectivity index (χ3v) is 4.67. The second-order valence-electron chi connectivity index (χ2n) is 5.08. The molecule has 3 rings (SSSR count). The fourth-order valence-electron chi connectivity index (χ4n) is 2.40. The quantitative estimate of drug-likeness (QED) is 0.436. The first-order valence-corrected chi connectivity index (χ1v) is 8.72. The predicted octanol–water partition coefficient (Wildman–Crippen LogP) is -0.570. The Hall–Kier alpha value is -2.14. The summed E-state index contributed by atoms with van der Waals surface area (Å²) in [7, 11) is 1.41. The van der Waals surface area contributed by atoms with E-state index in [2.05, 4.69) is 19.7 Å². The second kappa shape index (κ2) is 14.8. The number of nitrogens with zero attached hydrogens (tertiary/aromatic N) is 2. The van der Waals surface area contributed by atoms with Crippen molar-refractivity contribution in [3.63, 3.8) is 0 Å². The zero-order chi connectivity index (χ0) is 18.7. The molecule has 1 unspecified atom stereocenters. The Balaban J connectivity index is -0.000000373. The van der Waals surface area contributed by atoms with Gasteiger partial charge in [0.2, 0.25) is 0 Å². The number of aromatic amines is 1. The number of methoxy groups -OCH3 is 2. The predicted molar refractivity (Wildman–Crippen MR) is 113 cm³/mol. The second-order valence-corrected chi connectivity index (χ2v) is 6.45. The molecule has 0 bridgehead atoms. The van der Waals surface area contributed by atoms with Crippen molar-refractivity contribution in [2.24, 2.45) is 0 Å². The van der Waals surface area contributed by atoms with Crippen LogP contribution in [0.3, 0.4) is 0 Å². The fourth-order valence-corrected chi connectivity index (χ4v) is 3.41. The summed E-state index contributed by atoms with van der Waals surface area (Å²) in [4.78, 5) is 11.3. The molecule has 11 nitrogen and oxygen atoms in total. The van der Waals surface area contributed by atoms with Crippen LogP contribution in [0.1, 0.15) is 8.55 Å². The van der Waals surface area contributed by atoms with Crippen LogP contribution in [0.25, 0.3) is 11.0 Å². The molecule has 2 aromatic heterocycles. The van der Waals surface area contributed by atoms with Gasteiger partial charge in [0, 0.05) is 18.3 Å². The maximum atomic E-state index is 12.6. The molecule has 2 heterocycles. The SMILES string of the molecule is COc1ccnc(CS(=O)c2nc3ccc(OC(F)F)cc3[nH]2)c1OC.O.O.O.O.[H-].[H-].[Mg+2]. The van der Waals surface area contributed by atoms with Gasteiger partial charge in [0.15, 0.2) is 16.7 Å². The molecule has 0 aliphatic heterocycles. The van der Waals surface area contributed by atoms with E-state index >= 15 is 0 Å². The summed E-state index contributed by atoms with van der Waals surface area (Å²) in [5.41, 5.74) is 1.38. The molecular weight excluding hydrogens is 457 g/mol. The third kappa shape index (κ3) is 7.80. The molecule has 0 aliphatic rings. The molecule has 31 heavy (non-hydrogen) atoms. The van der Waals surface area contributed by atoms with Crippen molar-refractivity contribution in [2.45, 2.75) is 17.5 Å². The summed E-state index contributed by atoms with van der Waals surface area (Å²) in [5.74, 6) is 0.908. The van der Waals surface area contributed by atoms with Crippen LogP contribution in [0.2, 0.25) is 0 Å². The molecule has 15 heteroatoms. The van der Waals surface area contributed by atoms with E-state index in [-0.39, 0.29) is 64.5 Å². The van der Waals surface area contributed by atoms with Crippen molar-refractivity contribution < 1.29 is 52.0 Å². The Kier molecular flexibility index (Phi) is 16.0. The van der Waals surface area contributed by atoms with Gasteiger partial charge in [-0.1, -0.05) is 0 Å². The van der Waals surface area contributed by atoms with Crippen LogP contribution in [0.15, 0.2) is 35.6 Å². The number of fused-ring (bicyclic) bond motifs is 1. The Bertz CT molecular complexity index is 975. The van der Waals surface area contributed by atoms with Gasteiger partial charge in [-0.2, -0.15) is 8.78 Å². The molecule has 1 atom stereocenters. The van der Waals surface area contributed by atoms with Crippen LogP contribution in [-0.2, 0) is 16.6 Å². The number of imidazole rings is 1. The normalized spacial score (nSPS) is 10.4. The number of hydrogen-bond acceptors (Lipinski definition) is 6. The minimum absolute atomic E-state index is 0. The van der Waals surface area contributed by atoms with Gasteiger partial charge >= 0.3 is 29.7 Å². The van der Waals surface area contributed by atoms with Crippen LogP contribution in [0.5, 0.6) is 17.2 Å². The zero-order valence-corrected chi connectivity index (χ0v) is 18.8. The number of H-pyrrole nitrogens is 1. The number of halogens is 2. The first kappa shape index (κ1) is 33.5. The van der Waals surface area contributed by atoms with Crippen molar-refractivity contribution in [3.8, 4) is 17.2 Å². The van der Waals surface area contributed by atoms with Crippen molar-refractivity contribution in [2.75, 3.05) is 14.2 Å². The first-order chi connectivity index (χ1) is 12.5. The Morgan fingerprint density at radius 1 is 1.13 bits per heavy atom. The van der Waals surface area contributed by atoms with Gasteiger partial charge in [0.25, 0.3) is 0 Å². The van der Waals surface area contributed by atoms with Crippen LogP contribution in [0, 0.1) is 0 Å². The van der Waals surface area contributed by atoms with Crippen molar-refractivity contribution in [3.05, 3.63) is 36.2 Å². The largest absolute Gasteiger partial charge is 2.00 e. The Morgan fingerprint density at radius 3 is 2.39 bits per heavy atom. The van der Waals surface area contributed by atoms with Crippen LogP contribution in [0.4, 0.5) is 8.78 Å². The van der Waals surface area contributed by atoms with Gasteiger partial charge in [-0.3, -0.25) is 9.19 Å². The number of alkyl halides is 2. The van der Waals surface area contributed by atoms with E-state index in [0.717, 1.165) is 0 Å². The molecule has 3 aromatic rings. The minimum atomic E-state index is -2.92. The van der Waals surface area contributed by atoms with E-state index in [1.54, 1.807) is 6.07 Å². The van der Waals surface area contributed by atoms with Gasteiger partial charge < -0.3 is 44.0 Å². The molecule has 0 spiro atoms. The van der Waals surface area contributed by atoms with E-state index in [4.69, 9.17) is 9.47 Å².